The summed E-state index contributed by atoms with van der Waals surface area (Å²) in [5.41, 5.74) is 0. The summed E-state index contributed by atoms with van der Waals surface area (Å²) < 4.78 is 12.8. The molecule has 0 spiro atoms. The molecule has 0 radical (unpaired) electrons. The van der Waals surface area contributed by atoms with Crippen molar-refractivity contribution in [1.82, 2.24) is 0 Å². The predicted octanol–water partition coefficient (Wildman–Crippen LogP) is 2.64. The lowest BCUT2D eigenvalue weighted by molar-refractivity contribution is 0.232. The van der Waals surface area contributed by atoms with E-state index in [9.17, 15) is 0 Å². The van der Waals surface area contributed by atoms with Gasteiger partial charge in [0.15, 0.2) is 8.32 Å². The van der Waals surface area contributed by atoms with Gasteiger partial charge in [-0.15, -0.1) is 0 Å². The molecule has 0 rings (SSSR count). The van der Waals surface area contributed by atoms with Gasteiger partial charge in [0.1, 0.15) is 0 Å². The molecule has 0 amide bonds. The van der Waals surface area contributed by atoms with Crippen molar-refractivity contribution in [3.63, 3.8) is 0 Å². The first-order valence-corrected chi connectivity index (χ1v) is 6.56. The molecule has 0 heterocycles. The van der Waals surface area contributed by atoms with Crippen molar-refractivity contribution >= 4 is 8.32 Å². The lowest BCUT2D eigenvalue weighted by Crippen LogP contribution is -2.32. The van der Waals surface area contributed by atoms with E-state index in [1.807, 2.05) is 0 Å². The van der Waals surface area contributed by atoms with Crippen LogP contribution < -0.4 is 0 Å². The minimum atomic E-state index is -1.45. The Morgan fingerprint density at radius 3 is 2.44 bits per heavy atom. The Balaban J connectivity index is 3.63. The van der Waals surface area contributed by atoms with Gasteiger partial charge in [-0.05, 0) is 33.0 Å². The second kappa shape index (κ2) is 3.37. The lowest BCUT2D eigenvalue weighted by atomic mass is 10.5. The van der Waals surface area contributed by atoms with Gasteiger partial charge in [0.2, 0.25) is 0 Å². The van der Waals surface area contributed by atoms with Crippen molar-refractivity contribution in [3.05, 3.63) is 0 Å². The summed E-state index contributed by atoms with van der Waals surface area (Å²) in [4.78, 5) is 0. The molecule has 0 aromatic rings. The highest BCUT2D eigenvalue weighted by Gasteiger charge is 2.20. The summed E-state index contributed by atoms with van der Waals surface area (Å²) in [6, 6.07) is 0.950. The second-order valence-corrected chi connectivity index (χ2v) is 7.43. The SMILES string of the molecule is [2H]CC[Si](C)(C)OC(C)C. The van der Waals surface area contributed by atoms with Crippen molar-refractivity contribution in [1.29, 1.82) is 0 Å². The van der Waals surface area contributed by atoms with Crippen LogP contribution in [0.25, 0.3) is 0 Å². The first kappa shape index (κ1) is 7.29. The summed E-state index contributed by atoms with van der Waals surface area (Å²) in [6.45, 7) is 8.95. The van der Waals surface area contributed by atoms with Crippen LogP contribution in [0.4, 0.5) is 0 Å². The molecule has 0 aromatic heterocycles. The zero-order valence-electron chi connectivity index (χ0n) is 7.90. The molecule has 0 bridgehead atoms. The minimum absolute atomic E-state index is 0.327. The van der Waals surface area contributed by atoms with E-state index >= 15 is 0 Å². The van der Waals surface area contributed by atoms with E-state index in [2.05, 4.69) is 26.9 Å². The van der Waals surface area contributed by atoms with Crippen molar-refractivity contribution < 1.29 is 5.80 Å². The Labute approximate surface area is 61.0 Å². The van der Waals surface area contributed by atoms with Crippen molar-refractivity contribution in [2.24, 2.45) is 0 Å². The smallest absolute Gasteiger partial charge is 0.186 e. The van der Waals surface area contributed by atoms with Gasteiger partial charge in [-0.25, -0.2) is 0 Å². The monoisotopic (exact) mass is 147 g/mol. The van der Waals surface area contributed by atoms with Gasteiger partial charge in [0.05, 0.1) is 0 Å². The molecule has 0 aliphatic rings. The molecule has 0 aromatic carbocycles. The fourth-order valence-corrected chi connectivity index (χ4v) is 2.09. The second-order valence-electron chi connectivity index (χ2n) is 3.18. The largest absolute Gasteiger partial charge is 0.415 e. The molecule has 0 aliphatic carbocycles. The first-order chi connectivity index (χ1) is 4.48. The van der Waals surface area contributed by atoms with E-state index in [0.717, 1.165) is 6.04 Å². The molecule has 9 heavy (non-hydrogen) atoms. The van der Waals surface area contributed by atoms with Crippen molar-refractivity contribution in [2.45, 2.75) is 46.0 Å². The van der Waals surface area contributed by atoms with Gasteiger partial charge in [0, 0.05) is 7.47 Å². The average molecular weight is 147 g/mol. The van der Waals surface area contributed by atoms with E-state index in [1.165, 1.54) is 0 Å². The molecular formula is C7H18OSi. The molecule has 2 heteroatoms. The third kappa shape index (κ3) is 4.67. The summed E-state index contributed by atoms with van der Waals surface area (Å²) in [5, 5.41) is 0. The molecule has 1 nitrogen and oxygen atoms in total. The number of hydrogen-bond acceptors (Lipinski definition) is 1. The van der Waals surface area contributed by atoms with Gasteiger partial charge in [-0.3, -0.25) is 0 Å². The van der Waals surface area contributed by atoms with Gasteiger partial charge >= 0.3 is 0 Å². The van der Waals surface area contributed by atoms with Crippen LogP contribution in [0.2, 0.25) is 19.1 Å². The Bertz CT molecular complexity index is 93.6. The van der Waals surface area contributed by atoms with Crippen LogP contribution in [0, 0.1) is 0 Å². The quantitative estimate of drug-likeness (QED) is 0.558. The highest BCUT2D eigenvalue weighted by Crippen LogP contribution is 2.11. The van der Waals surface area contributed by atoms with Crippen LogP contribution in [0.3, 0.4) is 0 Å². The maximum atomic E-state index is 7.06. The molecular weight excluding hydrogens is 128 g/mol. The number of hydrogen-bond donors (Lipinski definition) is 0. The van der Waals surface area contributed by atoms with Crippen LogP contribution in [0.1, 0.15) is 22.1 Å². The molecule has 56 valence electrons. The maximum absolute atomic E-state index is 7.06. The van der Waals surface area contributed by atoms with E-state index in [-0.39, 0.29) is 0 Å². The zero-order chi connectivity index (χ0) is 8.20. The van der Waals surface area contributed by atoms with Crippen LogP contribution in [-0.4, -0.2) is 14.4 Å². The van der Waals surface area contributed by atoms with E-state index in [1.54, 1.807) is 0 Å². The summed E-state index contributed by atoms with van der Waals surface area (Å²) in [6.07, 6.45) is 0.327. The van der Waals surface area contributed by atoms with Crippen LogP contribution >= 0.6 is 0 Å². The Morgan fingerprint density at radius 2 is 2.11 bits per heavy atom. The van der Waals surface area contributed by atoms with Crippen molar-refractivity contribution in [3.8, 4) is 0 Å². The third-order valence-electron chi connectivity index (χ3n) is 1.16. The minimum Gasteiger partial charge on any atom is -0.415 e. The molecule has 0 N–H and O–H groups in total. The van der Waals surface area contributed by atoms with Gasteiger partial charge in [0.25, 0.3) is 0 Å². The lowest BCUT2D eigenvalue weighted by Gasteiger charge is -2.23. The van der Waals surface area contributed by atoms with Gasteiger partial charge < -0.3 is 4.43 Å². The average Bonchev–Trinajstić information content (AvgIpc) is 1.59. The number of rotatable bonds is 3. The van der Waals surface area contributed by atoms with Crippen LogP contribution in [0.5, 0.6) is 0 Å². The van der Waals surface area contributed by atoms with Crippen molar-refractivity contribution in [2.75, 3.05) is 0 Å². The Kier molecular flexibility index (Phi) is 2.73. The van der Waals surface area contributed by atoms with E-state index < -0.39 is 8.32 Å². The first-order valence-electron chi connectivity index (χ1n) is 4.16. The zero-order valence-corrected chi connectivity index (χ0v) is 7.90. The molecule has 0 fully saturated rings. The van der Waals surface area contributed by atoms with Crippen LogP contribution in [-0.2, 0) is 4.43 Å². The maximum Gasteiger partial charge on any atom is 0.186 e. The van der Waals surface area contributed by atoms with Crippen LogP contribution in [0.15, 0.2) is 0 Å². The fraction of sp³-hybridized carbons (Fsp3) is 1.00. The topological polar surface area (TPSA) is 9.23 Å². The Morgan fingerprint density at radius 1 is 1.56 bits per heavy atom. The summed E-state index contributed by atoms with van der Waals surface area (Å²) >= 11 is 0. The molecule has 0 aliphatic heterocycles. The summed E-state index contributed by atoms with van der Waals surface area (Å²) in [5.74, 6) is 0. The normalized spacial score (nSPS) is 14.1. The molecule has 0 atom stereocenters. The Hall–Kier alpha value is 0.177. The summed E-state index contributed by atoms with van der Waals surface area (Å²) in [7, 11) is -1.45. The standard InChI is InChI=1S/C7H18OSi/c1-6-9(4,5)8-7(2)3/h7H,6H2,1-5H3/i1D. The third-order valence-corrected chi connectivity index (χ3v) is 3.47. The molecule has 0 saturated heterocycles. The van der Waals surface area contributed by atoms with Gasteiger partial charge in [-0.1, -0.05) is 6.90 Å². The fourth-order valence-electron chi connectivity index (χ4n) is 0.697. The predicted molar refractivity (Wildman–Crippen MR) is 44.2 cm³/mol. The highest BCUT2D eigenvalue weighted by atomic mass is 28.4. The molecule has 0 unspecified atom stereocenters. The van der Waals surface area contributed by atoms with Gasteiger partial charge in [-0.2, -0.15) is 0 Å². The molecule has 0 saturated carbocycles. The van der Waals surface area contributed by atoms with E-state index in [4.69, 9.17) is 5.80 Å². The highest BCUT2D eigenvalue weighted by molar-refractivity contribution is 6.71. The van der Waals surface area contributed by atoms with E-state index in [0.29, 0.717) is 13.0 Å².